The number of nitrogens with zero attached hydrogens (tertiary/aromatic N) is 5. The third kappa shape index (κ3) is 5.04. The van der Waals surface area contributed by atoms with Gasteiger partial charge in [-0.05, 0) is 76.3 Å². The van der Waals surface area contributed by atoms with E-state index in [4.69, 9.17) is 20.2 Å². The summed E-state index contributed by atoms with van der Waals surface area (Å²) in [5.74, 6) is 0.468. The van der Waals surface area contributed by atoms with Crippen LogP contribution in [0.2, 0.25) is 0 Å². The molecule has 3 aromatic heterocycles. The van der Waals surface area contributed by atoms with Crippen molar-refractivity contribution < 1.29 is 21.1 Å². The molecule has 0 saturated heterocycles. The second-order valence-corrected chi connectivity index (χ2v) is 14.7. The number of hydrogen-bond acceptors (Lipinski definition) is 3. The zero-order valence-electron chi connectivity index (χ0n) is 29.5. The van der Waals surface area contributed by atoms with Crippen molar-refractivity contribution in [2.45, 2.75) is 50.4 Å². The Morgan fingerprint density at radius 2 is 1.21 bits per heavy atom. The summed E-state index contributed by atoms with van der Waals surface area (Å²) in [6.07, 6.45) is 4.26. The maximum Gasteiger partial charge on any atom is 2.00 e. The van der Waals surface area contributed by atoms with Crippen molar-refractivity contribution in [1.82, 2.24) is 20.2 Å². The molecule has 1 fully saturated rings. The van der Waals surface area contributed by atoms with E-state index in [0.29, 0.717) is 5.92 Å². The maximum absolute atomic E-state index is 5.43. The molecule has 6 heteroatoms. The molecule has 2 atom stereocenters. The van der Waals surface area contributed by atoms with E-state index in [2.05, 4.69) is 105 Å². The number of fused-ring (bicyclic) bond motifs is 8. The Hall–Kier alpha value is -5.12. The smallest absolute Gasteiger partial charge is 0.658 e. The molecule has 258 valence electrons. The van der Waals surface area contributed by atoms with Crippen molar-refractivity contribution in [2.75, 3.05) is 0 Å². The zero-order chi connectivity index (χ0) is 34.6. The number of pyridine rings is 2. The van der Waals surface area contributed by atoms with Crippen LogP contribution in [0.15, 0.2) is 152 Å². The van der Waals surface area contributed by atoms with Gasteiger partial charge in [-0.25, -0.2) is 0 Å². The second-order valence-electron chi connectivity index (χ2n) is 14.7. The predicted octanol–water partition coefficient (Wildman–Crippen LogP) is 11.1. The van der Waals surface area contributed by atoms with E-state index in [0.717, 1.165) is 34.2 Å². The Kier molecular flexibility index (Phi) is 8.58. The van der Waals surface area contributed by atoms with E-state index in [-0.39, 0.29) is 31.9 Å². The summed E-state index contributed by atoms with van der Waals surface area (Å²) in [7, 11) is 0. The van der Waals surface area contributed by atoms with Crippen molar-refractivity contribution in [1.29, 1.82) is 0 Å². The fourth-order valence-electron chi connectivity index (χ4n) is 9.11. The van der Waals surface area contributed by atoms with Crippen LogP contribution in [-0.2, 0) is 31.9 Å². The Morgan fingerprint density at radius 1 is 0.635 bits per heavy atom. The molecule has 3 aliphatic carbocycles. The van der Waals surface area contributed by atoms with Crippen molar-refractivity contribution in [3.05, 3.63) is 191 Å². The van der Waals surface area contributed by atoms with Crippen LogP contribution in [0.4, 0.5) is 11.4 Å². The molecule has 0 spiro atoms. The molecule has 2 bridgehead atoms. The van der Waals surface area contributed by atoms with Crippen molar-refractivity contribution in [3.63, 3.8) is 0 Å². The maximum atomic E-state index is 5.43. The molecule has 3 heterocycles. The van der Waals surface area contributed by atoms with Gasteiger partial charge in [0.15, 0.2) is 0 Å². The normalized spacial score (nSPS) is 19.3. The van der Waals surface area contributed by atoms with Gasteiger partial charge in [0.2, 0.25) is 0 Å². The molecule has 0 N–H and O–H groups in total. The number of para-hydroxylation sites is 2. The molecule has 4 aromatic carbocycles. The van der Waals surface area contributed by atoms with E-state index in [1.54, 1.807) is 0 Å². The van der Waals surface area contributed by atoms with Gasteiger partial charge in [-0.1, -0.05) is 148 Å². The largest absolute Gasteiger partial charge is 2.00 e. The minimum atomic E-state index is -0.613. The first-order valence-corrected chi connectivity index (χ1v) is 17.9. The SMILES string of the molecule is CC12CCC(c3c1n[n-]c3-c1cccc(C3(c4ccccn4)c4ccccc4-c4ccccc43)n1)C2(C)C.[Pt+2].c1ccc([N-]c2ccccc2)cc1. The second kappa shape index (κ2) is 13.1. The van der Waals surface area contributed by atoms with Gasteiger partial charge in [0.25, 0.3) is 0 Å². The quantitative estimate of drug-likeness (QED) is 0.173. The number of benzene rings is 4. The van der Waals surface area contributed by atoms with E-state index >= 15 is 0 Å². The summed E-state index contributed by atoms with van der Waals surface area (Å²) in [5, 5.41) is 14.0. The van der Waals surface area contributed by atoms with Crippen LogP contribution < -0.4 is 5.10 Å². The van der Waals surface area contributed by atoms with Crippen molar-refractivity contribution in [2.24, 2.45) is 5.41 Å². The molecule has 7 aromatic rings. The van der Waals surface area contributed by atoms with Gasteiger partial charge < -0.3 is 15.5 Å². The van der Waals surface area contributed by atoms with E-state index < -0.39 is 5.41 Å². The van der Waals surface area contributed by atoms with Gasteiger partial charge >= 0.3 is 21.1 Å². The van der Waals surface area contributed by atoms with Crippen LogP contribution in [0.25, 0.3) is 27.8 Å². The van der Waals surface area contributed by atoms with Gasteiger partial charge in [-0.15, -0.1) is 11.4 Å². The molecule has 5 nitrogen and oxygen atoms in total. The summed E-state index contributed by atoms with van der Waals surface area (Å²) in [5.41, 5.74) is 12.9. The molecule has 0 amide bonds. The molecule has 52 heavy (non-hydrogen) atoms. The molecule has 3 aliphatic rings. The fourth-order valence-corrected chi connectivity index (χ4v) is 9.11. The first kappa shape index (κ1) is 34.0. The molecule has 0 radical (unpaired) electrons. The van der Waals surface area contributed by atoms with E-state index in [1.807, 2.05) is 72.9 Å². The summed E-state index contributed by atoms with van der Waals surface area (Å²) < 4.78 is 0. The molecule has 10 rings (SSSR count). The summed E-state index contributed by atoms with van der Waals surface area (Å²) in [4.78, 5) is 10.4. The molecular formula is C46H39N5Pt. The van der Waals surface area contributed by atoms with Gasteiger partial charge in [-0.2, -0.15) is 0 Å². The minimum absolute atomic E-state index is 0. The first-order chi connectivity index (χ1) is 24.9. The zero-order valence-corrected chi connectivity index (χ0v) is 31.7. The summed E-state index contributed by atoms with van der Waals surface area (Å²) in [6.45, 7) is 7.19. The molecular weight excluding hydrogens is 818 g/mol. The van der Waals surface area contributed by atoms with E-state index in [1.165, 1.54) is 46.4 Å². The molecule has 0 aliphatic heterocycles. The standard InChI is InChI=1S/C34H29N4.C12H10N.Pt/c1-32(2)25-18-19-33(32,3)31-29(25)30(37-38-31)26-15-10-17-28(36-26)34(27-16-8-9-20-35-27)23-13-6-4-11-21(23)22-12-5-7-14-24(22)34;1-3-7-11(8-4-1)13-12-9-5-2-6-10-12;/h4-17,20,25H,18-19H2,1-3H3;1-10H;/q2*-1;+2. The number of aromatic nitrogens is 4. The summed E-state index contributed by atoms with van der Waals surface area (Å²) in [6, 6.07) is 49.9. The Balaban J connectivity index is 0.000000234. The molecule has 2 unspecified atom stereocenters. The fraction of sp³-hybridized carbons (Fsp3) is 0.196. The van der Waals surface area contributed by atoms with Gasteiger partial charge in [0.05, 0.1) is 17.1 Å². The van der Waals surface area contributed by atoms with E-state index in [9.17, 15) is 0 Å². The number of hydrogen-bond donors (Lipinski definition) is 0. The van der Waals surface area contributed by atoms with Crippen LogP contribution in [0.5, 0.6) is 0 Å². The van der Waals surface area contributed by atoms with Crippen LogP contribution in [-0.4, -0.2) is 15.1 Å². The van der Waals surface area contributed by atoms with Crippen LogP contribution in [0.3, 0.4) is 0 Å². The first-order valence-electron chi connectivity index (χ1n) is 17.9. The van der Waals surface area contributed by atoms with Gasteiger partial charge in [0, 0.05) is 17.3 Å². The third-order valence-electron chi connectivity index (χ3n) is 12.0. The van der Waals surface area contributed by atoms with Crippen molar-refractivity contribution >= 4 is 11.4 Å². The van der Waals surface area contributed by atoms with Gasteiger partial charge in [0.1, 0.15) is 5.41 Å². The van der Waals surface area contributed by atoms with Gasteiger partial charge in [-0.3, -0.25) is 9.97 Å². The van der Waals surface area contributed by atoms with Crippen LogP contribution in [0.1, 0.15) is 73.3 Å². The molecule has 1 saturated carbocycles. The monoisotopic (exact) mass is 856 g/mol. The average molecular weight is 857 g/mol. The summed E-state index contributed by atoms with van der Waals surface area (Å²) >= 11 is 0. The topological polar surface area (TPSA) is 66.9 Å². The Labute approximate surface area is 320 Å². The Morgan fingerprint density at radius 3 is 1.83 bits per heavy atom. The predicted molar refractivity (Wildman–Crippen MR) is 205 cm³/mol. The average Bonchev–Trinajstić information content (AvgIpc) is 3.86. The van der Waals surface area contributed by atoms with Crippen LogP contribution >= 0.6 is 0 Å². The third-order valence-corrected chi connectivity index (χ3v) is 12.0. The minimum Gasteiger partial charge on any atom is -0.658 e. The van der Waals surface area contributed by atoms with Crippen molar-refractivity contribution in [3.8, 4) is 22.5 Å². The van der Waals surface area contributed by atoms with Crippen LogP contribution in [0, 0.1) is 5.41 Å². The Bertz CT molecular complexity index is 2270. The number of rotatable bonds is 5.